The van der Waals surface area contributed by atoms with Gasteiger partial charge in [-0.25, -0.2) is 9.97 Å². The summed E-state index contributed by atoms with van der Waals surface area (Å²) in [4.78, 5) is 8.37. The van der Waals surface area contributed by atoms with Crippen LogP contribution in [0.15, 0.2) is 12.5 Å². The maximum absolute atomic E-state index is 9.55. The molecule has 0 saturated carbocycles. The molecule has 0 radical (unpaired) electrons. The number of nitrogens with zero attached hydrogens (tertiary/aromatic N) is 4. The molecule has 2 heterocycles. The van der Waals surface area contributed by atoms with Gasteiger partial charge in [-0.2, -0.15) is 5.10 Å². The van der Waals surface area contributed by atoms with Gasteiger partial charge >= 0.3 is 0 Å². The molecular formula is C10H14N4O. The minimum Gasteiger partial charge on any atom is -0.393 e. The molecule has 0 aromatic carbocycles. The predicted octanol–water partition coefficient (Wildman–Crippen LogP) is 0.848. The van der Waals surface area contributed by atoms with E-state index in [0.29, 0.717) is 0 Å². The topological polar surface area (TPSA) is 63.8 Å². The highest BCUT2D eigenvalue weighted by molar-refractivity contribution is 5.77. The molecule has 0 fully saturated rings. The van der Waals surface area contributed by atoms with Crippen molar-refractivity contribution < 1.29 is 5.11 Å². The number of aromatic nitrogens is 4. The molecule has 15 heavy (non-hydrogen) atoms. The monoisotopic (exact) mass is 206 g/mol. The van der Waals surface area contributed by atoms with Crippen molar-refractivity contribution in [3.8, 4) is 0 Å². The third-order valence-corrected chi connectivity index (χ3v) is 2.72. The second-order valence-electron chi connectivity index (χ2n) is 3.79. The lowest BCUT2D eigenvalue weighted by molar-refractivity contribution is 0.168. The Hall–Kier alpha value is -1.49. The highest BCUT2D eigenvalue weighted by atomic mass is 16.3. The first kappa shape index (κ1) is 10.0. The van der Waals surface area contributed by atoms with Gasteiger partial charge in [0, 0.05) is 13.0 Å². The first-order valence-electron chi connectivity index (χ1n) is 4.92. The Balaban J connectivity index is 2.61. The van der Waals surface area contributed by atoms with E-state index in [9.17, 15) is 5.11 Å². The standard InChI is InChI=1S/C10H14N4O/c1-6(7(2)15)9-8-4-13-14(3)10(8)12-5-11-9/h4-7,15H,1-3H3. The number of aryl methyl sites for hydroxylation is 1. The van der Waals surface area contributed by atoms with E-state index < -0.39 is 6.10 Å². The Kier molecular flexibility index (Phi) is 2.40. The average Bonchev–Trinajstić information content (AvgIpc) is 2.59. The minimum atomic E-state index is -0.427. The second kappa shape index (κ2) is 3.58. The molecule has 5 nitrogen and oxygen atoms in total. The fourth-order valence-corrected chi connectivity index (χ4v) is 1.57. The van der Waals surface area contributed by atoms with E-state index in [1.54, 1.807) is 17.8 Å². The van der Waals surface area contributed by atoms with Crippen LogP contribution in [0, 0.1) is 0 Å². The molecule has 0 aliphatic carbocycles. The molecule has 0 bridgehead atoms. The highest BCUT2D eigenvalue weighted by Gasteiger charge is 2.17. The molecule has 0 aliphatic heterocycles. The van der Waals surface area contributed by atoms with Crippen LogP contribution in [0.1, 0.15) is 25.5 Å². The summed E-state index contributed by atoms with van der Waals surface area (Å²) >= 11 is 0. The van der Waals surface area contributed by atoms with E-state index >= 15 is 0 Å². The molecule has 5 heteroatoms. The Morgan fingerprint density at radius 3 is 2.73 bits per heavy atom. The van der Waals surface area contributed by atoms with Crippen molar-refractivity contribution >= 4 is 11.0 Å². The van der Waals surface area contributed by atoms with Crippen molar-refractivity contribution in [3.05, 3.63) is 18.2 Å². The second-order valence-corrected chi connectivity index (χ2v) is 3.79. The highest BCUT2D eigenvalue weighted by Crippen LogP contribution is 2.23. The van der Waals surface area contributed by atoms with Gasteiger partial charge in [0.25, 0.3) is 0 Å². The zero-order valence-electron chi connectivity index (χ0n) is 9.05. The van der Waals surface area contributed by atoms with Crippen LogP contribution in [-0.4, -0.2) is 31.0 Å². The average molecular weight is 206 g/mol. The van der Waals surface area contributed by atoms with Crippen molar-refractivity contribution in [2.75, 3.05) is 0 Å². The molecule has 2 unspecified atom stereocenters. The van der Waals surface area contributed by atoms with Gasteiger partial charge in [-0.15, -0.1) is 0 Å². The van der Waals surface area contributed by atoms with Gasteiger partial charge in [0.2, 0.25) is 0 Å². The van der Waals surface area contributed by atoms with Crippen LogP contribution in [0.2, 0.25) is 0 Å². The van der Waals surface area contributed by atoms with Gasteiger partial charge in [-0.1, -0.05) is 6.92 Å². The molecule has 0 spiro atoms. The normalized spacial score (nSPS) is 15.5. The van der Waals surface area contributed by atoms with Crippen molar-refractivity contribution in [1.29, 1.82) is 0 Å². The fourth-order valence-electron chi connectivity index (χ4n) is 1.57. The molecule has 80 valence electrons. The van der Waals surface area contributed by atoms with E-state index in [2.05, 4.69) is 15.1 Å². The number of aliphatic hydroxyl groups excluding tert-OH is 1. The molecule has 2 atom stereocenters. The number of fused-ring (bicyclic) bond motifs is 1. The maximum Gasteiger partial charge on any atom is 0.161 e. The van der Waals surface area contributed by atoms with E-state index in [1.807, 2.05) is 14.0 Å². The lowest BCUT2D eigenvalue weighted by Gasteiger charge is -2.14. The van der Waals surface area contributed by atoms with E-state index in [1.165, 1.54) is 6.33 Å². The summed E-state index contributed by atoms with van der Waals surface area (Å²) < 4.78 is 1.70. The number of rotatable bonds is 2. The van der Waals surface area contributed by atoms with Crippen LogP contribution in [-0.2, 0) is 7.05 Å². The third-order valence-electron chi connectivity index (χ3n) is 2.72. The summed E-state index contributed by atoms with van der Waals surface area (Å²) in [6, 6.07) is 0. The predicted molar refractivity (Wildman–Crippen MR) is 56.4 cm³/mol. The van der Waals surface area contributed by atoms with Crippen molar-refractivity contribution in [3.63, 3.8) is 0 Å². The molecule has 2 aromatic rings. The van der Waals surface area contributed by atoms with E-state index in [-0.39, 0.29) is 5.92 Å². The summed E-state index contributed by atoms with van der Waals surface area (Å²) in [6.07, 6.45) is 2.82. The lowest BCUT2D eigenvalue weighted by atomic mass is 10.00. The van der Waals surface area contributed by atoms with Gasteiger partial charge in [-0.3, -0.25) is 4.68 Å². The Morgan fingerprint density at radius 1 is 1.33 bits per heavy atom. The van der Waals surface area contributed by atoms with Crippen LogP contribution >= 0.6 is 0 Å². The van der Waals surface area contributed by atoms with Crippen LogP contribution < -0.4 is 0 Å². The SMILES string of the molecule is CC(O)C(C)c1ncnc2c1cnn2C. The summed E-state index contributed by atoms with van der Waals surface area (Å²) in [5.41, 5.74) is 1.65. The minimum absolute atomic E-state index is 0.0142. The quantitative estimate of drug-likeness (QED) is 0.791. The Labute approximate surface area is 87.8 Å². The van der Waals surface area contributed by atoms with Gasteiger partial charge in [0.15, 0.2) is 5.65 Å². The molecular weight excluding hydrogens is 192 g/mol. The van der Waals surface area contributed by atoms with Gasteiger partial charge in [0.1, 0.15) is 6.33 Å². The Morgan fingerprint density at radius 2 is 2.07 bits per heavy atom. The molecule has 2 aromatic heterocycles. The van der Waals surface area contributed by atoms with Crippen molar-refractivity contribution in [2.24, 2.45) is 7.05 Å². The smallest absolute Gasteiger partial charge is 0.161 e. The number of aliphatic hydroxyl groups is 1. The molecule has 0 aliphatic rings. The fraction of sp³-hybridized carbons (Fsp3) is 0.500. The summed E-state index contributed by atoms with van der Waals surface area (Å²) in [6.45, 7) is 3.70. The van der Waals surface area contributed by atoms with E-state index in [4.69, 9.17) is 0 Å². The molecule has 2 rings (SSSR count). The number of hydrogen-bond donors (Lipinski definition) is 1. The molecule has 0 amide bonds. The maximum atomic E-state index is 9.55. The summed E-state index contributed by atoms with van der Waals surface area (Å²) in [5.74, 6) is -0.0142. The largest absolute Gasteiger partial charge is 0.393 e. The Bertz CT molecular complexity index is 477. The zero-order chi connectivity index (χ0) is 11.0. The van der Waals surface area contributed by atoms with Crippen molar-refractivity contribution in [1.82, 2.24) is 19.7 Å². The van der Waals surface area contributed by atoms with Crippen LogP contribution in [0.25, 0.3) is 11.0 Å². The van der Waals surface area contributed by atoms with Gasteiger partial charge in [0.05, 0.1) is 23.4 Å². The lowest BCUT2D eigenvalue weighted by Crippen LogP contribution is -2.13. The van der Waals surface area contributed by atoms with Crippen LogP contribution in [0.4, 0.5) is 0 Å². The third kappa shape index (κ3) is 1.59. The summed E-state index contributed by atoms with van der Waals surface area (Å²) in [5, 5.41) is 14.6. The summed E-state index contributed by atoms with van der Waals surface area (Å²) in [7, 11) is 1.84. The number of hydrogen-bond acceptors (Lipinski definition) is 4. The zero-order valence-corrected chi connectivity index (χ0v) is 9.05. The van der Waals surface area contributed by atoms with Gasteiger partial charge in [-0.05, 0) is 6.92 Å². The van der Waals surface area contributed by atoms with E-state index in [0.717, 1.165) is 16.7 Å². The van der Waals surface area contributed by atoms with Crippen molar-refractivity contribution in [2.45, 2.75) is 25.9 Å². The molecule has 1 N–H and O–H groups in total. The molecule has 0 saturated heterocycles. The first-order valence-corrected chi connectivity index (χ1v) is 4.92. The van der Waals surface area contributed by atoms with Crippen LogP contribution in [0.5, 0.6) is 0 Å². The van der Waals surface area contributed by atoms with Crippen LogP contribution in [0.3, 0.4) is 0 Å². The van der Waals surface area contributed by atoms with Gasteiger partial charge < -0.3 is 5.11 Å². The first-order chi connectivity index (χ1) is 7.11.